The number of aromatic nitrogens is 2. The van der Waals surface area contributed by atoms with Crippen molar-refractivity contribution < 1.29 is 19.1 Å². The Labute approximate surface area is 188 Å². The number of rotatable bonds is 4. The molecule has 1 aliphatic rings. The summed E-state index contributed by atoms with van der Waals surface area (Å²) in [4.78, 5) is 12.4. The molecule has 0 saturated carbocycles. The second-order valence-electron chi connectivity index (χ2n) is 7.52. The first-order valence-electron chi connectivity index (χ1n) is 10.3. The van der Waals surface area contributed by atoms with Crippen LogP contribution in [0.15, 0.2) is 35.7 Å². The second-order valence-corrected chi connectivity index (χ2v) is 7.92. The van der Waals surface area contributed by atoms with Gasteiger partial charge in [0.1, 0.15) is 35.1 Å². The number of amidine groups is 1. The third kappa shape index (κ3) is 3.88. The molecule has 1 aromatic heterocycles. The van der Waals surface area contributed by atoms with Gasteiger partial charge in [-0.05, 0) is 24.6 Å². The first-order valence-corrected chi connectivity index (χ1v) is 10.6. The minimum atomic E-state index is -0.826. The summed E-state index contributed by atoms with van der Waals surface area (Å²) in [6, 6.07) is 5.23. The molecule has 2 N–H and O–H groups in total. The number of piperazine rings is 1. The zero-order chi connectivity index (χ0) is 22.8. The molecule has 3 aromatic rings. The third-order valence-electron chi connectivity index (χ3n) is 5.58. The highest BCUT2D eigenvalue weighted by Crippen LogP contribution is 2.42. The van der Waals surface area contributed by atoms with Gasteiger partial charge in [0.25, 0.3) is 0 Å². The summed E-state index contributed by atoms with van der Waals surface area (Å²) in [7, 11) is 0. The number of halogens is 3. The van der Waals surface area contributed by atoms with Gasteiger partial charge in [0.05, 0.1) is 10.6 Å². The summed E-state index contributed by atoms with van der Waals surface area (Å²) >= 11 is 6.37. The summed E-state index contributed by atoms with van der Waals surface area (Å²) in [5, 5.41) is 23.1. The van der Waals surface area contributed by atoms with Crippen LogP contribution in [0, 0.1) is 11.6 Å². The fourth-order valence-corrected chi connectivity index (χ4v) is 4.32. The molecule has 0 spiro atoms. The Morgan fingerprint density at radius 2 is 1.91 bits per heavy atom. The van der Waals surface area contributed by atoms with Crippen LogP contribution < -0.4 is 4.90 Å². The second kappa shape index (κ2) is 9.12. The maximum atomic E-state index is 15.5. The summed E-state index contributed by atoms with van der Waals surface area (Å²) in [6.07, 6.45) is 2.80. The van der Waals surface area contributed by atoms with E-state index in [-0.39, 0.29) is 21.7 Å². The summed E-state index contributed by atoms with van der Waals surface area (Å²) in [5.74, 6) is -0.873. The average Bonchev–Trinajstić information content (AvgIpc) is 2.79. The largest absolute Gasteiger partial charge is 0.507 e. The van der Waals surface area contributed by atoms with E-state index in [1.807, 2.05) is 16.7 Å². The van der Waals surface area contributed by atoms with Gasteiger partial charge in [-0.2, -0.15) is 0 Å². The first-order chi connectivity index (χ1) is 15.5. The number of anilines is 1. The van der Waals surface area contributed by atoms with Crippen molar-refractivity contribution in [1.29, 1.82) is 0 Å². The molecule has 168 valence electrons. The van der Waals surface area contributed by atoms with E-state index < -0.39 is 17.4 Å². The van der Waals surface area contributed by atoms with Crippen molar-refractivity contribution in [2.45, 2.75) is 19.8 Å². The molecule has 4 rings (SSSR count). The molecule has 32 heavy (non-hydrogen) atoms. The number of aromatic hydroxyl groups is 1. The van der Waals surface area contributed by atoms with Crippen molar-refractivity contribution in [1.82, 2.24) is 14.9 Å². The van der Waals surface area contributed by atoms with Gasteiger partial charge in [0, 0.05) is 43.5 Å². The van der Waals surface area contributed by atoms with Gasteiger partial charge in [-0.3, -0.25) is 0 Å². The lowest BCUT2D eigenvalue weighted by Crippen LogP contribution is -2.49. The molecule has 0 aliphatic carbocycles. The van der Waals surface area contributed by atoms with Crippen molar-refractivity contribution in [2.75, 3.05) is 31.1 Å². The molecule has 0 atom stereocenters. The van der Waals surface area contributed by atoms with E-state index in [0.717, 1.165) is 12.5 Å². The van der Waals surface area contributed by atoms with Gasteiger partial charge in [0.2, 0.25) is 0 Å². The van der Waals surface area contributed by atoms with E-state index in [2.05, 4.69) is 15.1 Å². The topological polar surface area (TPSA) is 85.1 Å². The monoisotopic (exact) mass is 461 g/mol. The molecule has 7 nitrogen and oxygen atoms in total. The van der Waals surface area contributed by atoms with Crippen molar-refractivity contribution in [3.05, 3.63) is 47.2 Å². The van der Waals surface area contributed by atoms with Crippen LogP contribution in [0.1, 0.15) is 19.8 Å². The lowest BCUT2D eigenvalue weighted by molar-refractivity contribution is 0.290. The van der Waals surface area contributed by atoms with Crippen molar-refractivity contribution in [3.63, 3.8) is 0 Å². The minimum absolute atomic E-state index is 0.0110. The standard InChI is InChI=1S/C22H22ClF2N5O2/c1-2-4-17(28-32)29-7-9-30(10-8-29)22-13-11-14(23)18(20(25)21(13)26-12-27-22)19-15(24)5-3-6-16(19)31/h3,5-6,11-12,31-32H,2,4,7-10H2,1H3/b28-17+. The molecule has 0 amide bonds. The van der Waals surface area contributed by atoms with E-state index in [1.165, 1.54) is 24.5 Å². The van der Waals surface area contributed by atoms with Gasteiger partial charge >= 0.3 is 0 Å². The summed E-state index contributed by atoms with van der Waals surface area (Å²) < 4.78 is 29.9. The van der Waals surface area contributed by atoms with Crippen molar-refractivity contribution >= 4 is 34.2 Å². The Morgan fingerprint density at radius 3 is 2.56 bits per heavy atom. The highest BCUT2D eigenvalue weighted by atomic mass is 35.5. The lowest BCUT2D eigenvalue weighted by atomic mass is 10.0. The molecule has 2 heterocycles. The van der Waals surface area contributed by atoms with Crippen LogP contribution in [0.5, 0.6) is 5.75 Å². The molecular formula is C22H22ClF2N5O2. The average molecular weight is 462 g/mol. The molecular weight excluding hydrogens is 440 g/mol. The minimum Gasteiger partial charge on any atom is -0.507 e. The number of hydrogen-bond donors (Lipinski definition) is 2. The van der Waals surface area contributed by atoms with Crippen LogP contribution in [0.4, 0.5) is 14.6 Å². The smallest absolute Gasteiger partial charge is 0.159 e. The molecule has 0 radical (unpaired) electrons. The number of benzene rings is 2. The third-order valence-corrected chi connectivity index (χ3v) is 5.87. The number of phenolic OH excluding ortho intramolecular Hbond substituents is 1. The first kappa shape index (κ1) is 22.0. The van der Waals surface area contributed by atoms with Crippen LogP contribution in [-0.2, 0) is 0 Å². The molecule has 10 heteroatoms. The molecule has 0 unspecified atom stereocenters. The summed E-state index contributed by atoms with van der Waals surface area (Å²) in [5.41, 5.74) is -0.562. The maximum Gasteiger partial charge on any atom is 0.159 e. The lowest BCUT2D eigenvalue weighted by Gasteiger charge is -2.37. The van der Waals surface area contributed by atoms with Crippen LogP contribution in [-0.4, -0.2) is 57.2 Å². The zero-order valence-electron chi connectivity index (χ0n) is 17.4. The Kier molecular flexibility index (Phi) is 6.27. The van der Waals surface area contributed by atoms with E-state index in [0.29, 0.717) is 49.6 Å². The Balaban J connectivity index is 1.72. The molecule has 1 fully saturated rings. The van der Waals surface area contributed by atoms with Gasteiger partial charge in [0.15, 0.2) is 5.82 Å². The van der Waals surface area contributed by atoms with Gasteiger partial charge in [-0.25, -0.2) is 18.7 Å². The van der Waals surface area contributed by atoms with Crippen LogP contribution >= 0.6 is 11.6 Å². The Hall–Kier alpha value is -3.20. The number of fused-ring (bicyclic) bond motifs is 1. The molecule has 1 aliphatic heterocycles. The normalized spacial score (nSPS) is 14.9. The van der Waals surface area contributed by atoms with Gasteiger partial charge < -0.3 is 20.1 Å². The Morgan fingerprint density at radius 1 is 1.16 bits per heavy atom. The number of oxime groups is 1. The number of phenols is 1. The summed E-state index contributed by atoms with van der Waals surface area (Å²) in [6.45, 7) is 4.39. The quantitative estimate of drug-likeness (QED) is 0.255. The molecule has 1 saturated heterocycles. The predicted molar refractivity (Wildman–Crippen MR) is 119 cm³/mol. The van der Waals surface area contributed by atoms with Crippen LogP contribution in [0.25, 0.3) is 22.0 Å². The van der Waals surface area contributed by atoms with Crippen molar-refractivity contribution in [2.24, 2.45) is 5.16 Å². The SMILES string of the molecule is CCC/C(=N\O)N1CCN(c2ncnc3c(F)c(-c4c(O)cccc4F)c(Cl)cc23)CC1. The van der Waals surface area contributed by atoms with Crippen LogP contribution in [0.2, 0.25) is 5.02 Å². The fraction of sp³-hybridized carbons (Fsp3) is 0.318. The molecule has 0 bridgehead atoms. The van der Waals surface area contributed by atoms with Crippen molar-refractivity contribution in [3.8, 4) is 16.9 Å². The maximum absolute atomic E-state index is 15.5. The molecule has 2 aromatic carbocycles. The Bertz CT molecular complexity index is 1160. The van der Waals surface area contributed by atoms with E-state index >= 15 is 4.39 Å². The number of hydrogen-bond acceptors (Lipinski definition) is 6. The predicted octanol–water partition coefficient (Wildman–Crippen LogP) is 4.64. The van der Waals surface area contributed by atoms with E-state index in [4.69, 9.17) is 11.6 Å². The fourth-order valence-electron chi connectivity index (χ4n) is 4.03. The van der Waals surface area contributed by atoms with Gasteiger partial charge in [-0.15, -0.1) is 0 Å². The highest BCUT2D eigenvalue weighted by molar-refractivity contribution is 6.34. The van der Waals surface area contributed by atoms with Gasteiger partial charge in [-0.1, -0.05) is 29.7 Å². The van der Waals surface area contributed by atoms with Crippen LogP contribution in [0.3, 0.4) is 0 Å². The zero-order valence-corrected chi connectivity index (χ0v) is 18.1. The highest BCUT2D eigenvalue weighted by Gasteiger charge is 2.26. The van der Waals surface area contributed by atoms with E-state index in [9.17, 15) is 14.7 Å². The van der Waals surface area contributed by atoms with E-state index in [1.54, 1.807) is 0 Å². The number of nitrogens with zero attached hydrogens (tertiary/aromatic N) is 5.